The van der Waals surface area contributed by atoms with Gasteiger partial charge in [-0.05, 0) is 32.1 Å². The number of unbranched alkanes of at least 4 members (excludes halogenated alkanes) is 4. The maximum atomic E-state index is 12.8. The molecule has 0 heterocycles. The van der Waals surface area contributed by atoms with Gasteiger partial charge in [-0.1, -0.05) is 12.8 Å². The van der Waals surface area contributed by atoms with Crippen molar-refractivity contribution in [2.45, 2.75) is 82.0 Å². The first-order chi connectivity index (χ1) is 35.4. The number of carbonyl (C=O) groups excluding carboxylic acids is 6. The van der Waals surface area contributed by atoms with E-state index in [0.717, 1.165) is 25.9 Å². The summed E-state index contributed by atoms with van der Waals surface area (Å²) in [4.78, 5) is 147. The third kappa shape index (κ3) is 34.7. The Morgan fingerprint density at radius 1 is 0.520 bits per heavy atom. The summed E-state index contributed by atoms with van der Waals surface area (Å²) in [6.45, 7) is -2.88. The van der Waals surface area contributed by atoms with Crippen LogP contribution in [0.5, 0.6) is 0 Å². The second-order valence-corrected chi connectivity index (χ2v) is 21.3. The van der Waals surface area contributed by atoms with Gasteiger partial charge in [0.15, 0.2) is 0 Å². The second-order valence-electron chi connectivity index (χ2n) is 17.0. The summed E-state index contributed by atoms with van der Waals surface area (Å²) in [6.07, 6.45) is 2.37. The number of anilines is 1. The fraction of sp³-hybridized carbons (Fsp3) is 0.600. The van der Waals surface area contributed by atoms with Crippen molar-refractivity contribution >= 4 is 108 Å². The van der Waals surface area contributed by atoms with Crippen LogP contribution >= 0.6 is 11.8 Å². The number of carboxylic acid groups (broad SMARTS) is 6. The number of carbonyl (C=O) groups is 12. The SMILES string of the molecule is C[As](O)c1ccc(NC(=O)CSCC(NC(=O)CCC(NC(=O)CCCCCNC(=O)CCCCCNC(=O)CN(CCN(CC(=O)O)CC(=O)O)CCN(CC(=O)O)CC(=O)O)C(=O)O)C(=O)NCC(=O)O)cc1. The minimum absolute atomic E-state index is 0.0100. The third-order valence-electron chi connectivity index (χ3n) is 10.5. The van der Waals surface area contributed by atoms with E-state index in [9.17, 15) is 66.7 Å². The molecule has 0 fully saturated rings. The molecular formula is C45H70AsN9O19S. The fourth-order valence-corrected chi connectivity index (χ4v) is 8.83. The van der Waals surface area contributed by atoms with Crippen LogP contribution in [0, 0.1) is 0 Å². The minimum atomic E-state index is -2.08. The molecule has 1 rings (SSSR count). The molecule has 420 valence electrons. The number of hydrogen-bond donors (Lipinski definition) is 13. The van der Waals surface area contributed by atoms with Crippen molar-refractivity contribution < 1.29 is 92.3 Å². The van der Waals surface area contributed by atoms with Gasteiger partial charge in [0.25, 0.3) is 0 Å². The van der Waals surface area contributed by atoms with Crippen molar-refractivity contribution in [2.24, 2.45) is 0 Å². The summed E-state index contributed by atoms with van der Waals surface area (Å²) in [5.41, 5.74) is 2.22. The van der Waals surface area contributed by atoms with E-state index in [1.54, 1.807) is 30.0 Å². The monoisotopic (exact) mass is 1150 g/mol. The molecule has 0 saturated carbocycles. The van der Waals surface area contributed by atoms with Gasteiger partial charge in [-0.15, -0.1) is 0 Å². The van der Waals surface area contributed by atoms with Gasteiger partial charge in [-0.25, -0.2) is 4.79 Å². The molecule has 28 nitrogen and oxygen atoms in total. The van der Waals surface area contributed by atoms with E-state index >= 15 is 0 Å². The second kappa shape index (κ2) is 38.2. The molecule has 0 aromatic heterocycles. The molecule has 0 radical (unpaired) electrons. The summed E-state index contributed by atoms with van der Waals surface area (Å²) in [5.74, 6) is -11.4. The van der Waals surface area contributed by atoms with Crippen LogP contribution in [-0.2, 0) is 57.5 Å². The zero-order chi connectivity index (χ0) is 56.3. The molecule has 75 heavy (non-hydrogen) atoms. The summed E-state index contributed by atoms with van der Waals surface area (Å²) in [5, 5.41) is 70.4. The number of thioether (sulfide) groups is 1. The molecule has 0 aliphatic carbocycles. The molecule has 0 aliphatic rings. The molecule has 3 atom stereocenters. The van der Waals surface area contributed by atoms with Gasteiger partial charge >= 0.3 is 167 Å². The molecule has 6 amide bonds. The van der Waals surface area contributed by atoms with Gasteiger partial charge in [0, 0.05) is 58.5 Å². The van der Waals surface area contributed by atoms with Crippen molar-refractivity contribution in [3.05, 3.63) is 24.3 Å². The number of hydrogen-bond acceptors (Lipinski definition) is 17. The zero-order valence-electron chi connectivity index (χ0n) is 41.7. The number of rotatable bonds is 43. The van der Waals surface area contributed by atoms with Gasteiger partial charge in [-0.3, -0.25) is 57.9 Å². The number of benzene rings is 1. The Hall–Kier alpha value is -6.39. The Morgan fingerprint density at radius 3 is 1.47 bits per heavy atom. The topological polar surface area (TPSA) is 428 Å². The molecule has 13 N–H and O–H groups in total. The van der Waals surface area contributed by atoms with E-state index in [4.69, 9.17) is 25.5 Å². The van der Waals surface area contributed by atoms with Gasteiger partial charge < -0.3 is 46.6 Å². The first-order valence-corrected chi connectivity index (χ1v) is 28.5. The van der Waals surface area contributed by atoms with Crippen LogP contribution in [0.25, 0.3) is 0 Å². The van der Waals surface area contributed by atoms with Crippen LogP contribution in [0.3, 0.4) is 0 Å². The molecule has 1 aromatic rings. The van der Waals surface area contributed by atoms with E-state index in [1.807, 2.05) is 0 Å². The maximum absolute atomic E-state index is 12.8. The number of nitrogens with zero attached hydrogens (tertiary/aromatic N) is 3. The van der Waals surface area contributed by atoms with Crippen LogP contribution in [-0.4, -0.2) is 238 Å². The molecule has 0 saturated heterocycles. The number of amides is 6. The number of carboxylic acids is 6. The van der Waals surface area contributed by atoms with Crippen LogP contribution in [0.15, 0.2) is 24.3 Å². The van der Waals surface area contributed by atoms with Gasteiger partial charge in [0.1, 0.15) is 12.6 Å². The zero-order valence-corrected chi connectivity index (χ0v) is 44.4. The van der Waals surface area contributed by atoms with Crippen molar-refractivity contribution in [2.75, 3.05) is 95.4 Å². The standard InChI is InChI=1S/C45H70AsN9O19S/c1-46(74)30-10-12-31(13-11-30)50-38(60)29-75-28-33(44(71)49-22-39(61)62)52-36(58)15-14-32(45(72)73)51-35(57)9-5-3-6-16-47-34(56)8-4-2-7-17-48-37(59)23-53(18-20-54(24-40(63)64)25-41(65)66)19-21-55(26-42(67)68)27-43(69)70/h10-13,32-33,74H,2-9,14-29H2,1H3,(H,47,56)(H,48,59)(H,49,71)(H,50,60)(H,51,57)(H,52,58)(H,61,62)(H,63,64)(H,65,66)(H,67,68)(H,69,70)(H,72,73). The first kappa shape index (κ1) is 66.6. The predicted octanol–water partition coefficient (Wildman–Crippen LogP) is -3.19. The van der Waals surface area contributed by atoms with Gasteiger partial charge in [0.05, 0.1) is 32.7 Å². The normalized spacial score (nSPS) is 12.2. The van der Waals surface area contributed by atoms with Crippen molar-refractivity contribution in [1.29, 1.82) is 0 Å². The molecular weight excluding hydrogens is 1080 g/mol. The number of nitrogens with one attached hydrogen (secondary N) is 6. The van der Waals surface area contributed by atoms with E-state index in [-0.39, 0.29) is 75.9 Å². The molecule has 30 heteroatoms. The Morgan fingerprint density at radius 2 is 0.987 bits per heavy atom. The van der Waals surface area contributed by atoms with E-state index in [0.29, 0.717) is 50.8 Å². The fourth-order valence-electron chi connectivity index (χ4n) is 6.77. The Bertz CT molecular complexity index is 2000. The predicted molar refractivity (Wildman–Crippen MR) is 270 cm³/mol. The Kier molecular flexibility index (Phi) is 33.9. The summed E-state index contributed by atoms with van der Waals surface area (Å²) in [6, 6.07) is 3.94. The molecule has 3 unspecified atom stereocenters. The molecule has 0 bridgehead atoms. The quantitative estimate of drug-likeness (QED) is 0.0226. The van der Waals surface area contributed by atoms with Crippen LogP contribution < -0.4 is 36.3 Å². The van der Waals surface area contributed by atoms with E-state index in [2.05, 4.69) is 31.9 Å². The van der Waals surface area contributed by atoms with Gasteiger partial charge in [0.2, 0.25) is 17.7 Å². The average molecular weight is 1150 g/mol. The molecule has 0 aliphatic heterocycles. The average Bonchev–Trinajstić information content (AvgIpc) is 3.31. The van der Waals surface area contributed by atoms with Gasteiger partial charge in [-0.2, -0.15) is 0 Å². The summed E-state index contributed by atoms with van der Waals surface area (Å²) in [7, 11) is 0. The Labute approximate surface area is 441 Å². The molecule has 0 spiro atoms. The van der Waals surface area contributed by atoms with E-state index < -0.39 is 132 Å². The van der Waals surface area contributed by atoms with Crippen molar-refractivity contribution in [3.63, 3.8) is 0 Å². The number of aliphatic carboxylic acids is 6. The van der Waals surface area contributed by atoms with Crippen LogP contribution in [0.4, 0.5) is 5.69 Å². The summed E-state index contributed by atoms with van der Waals surface area (Å²) >= 11 is -1.11. The van der Waals surface area contributed by atoms with Crippen molar-refractivity contribution in [3.8, 4) is 0 Å². The molecule has 1 aromatic carbocycles. The van der Waals surface area contributed by atoms with Crippen LogP contribution in [0.1, 0.15) is 64.2 Å². The summed E-state index contributed by atoms with van der Waals surface area (Å²) < 4.78 is 10.6. The first-order valence-electron chi connectivity index (χ1n) is 23.7. The third-order valence-corrected chi connectivity index (χ3v) is 13.7. The van der Waals surface area contributed by atoms with E-state index in [1.165, 1.54) is 4.90 Å². The van der Waals surface area contributed by atoms with Crippen molar-refractivity contribution in [1.82, 2.24) is 41.3 Å². The Balaban J connectivity index is 2.46. The van der Waals surface area contributed by atoms with Crippen LogP contribution in [0.2, 0.25) is 5.71 Å².